The van der Waals surface area contributed by atoms with Crippen LogP contribution >= 0.6 is 0 Å². The smallest absolute Gasteiger partial charge is 0.0403 e. The minimum Gasteiger partial charge on any atom is -0.261 e. The van der Waals surface area contributed by atoms with E-state index in [0.29, 0.717) is 0 Å². The lowest BCUT2D eigenvalue weighted by Crippen LogP contribution is -2.18. The number of aromatic nitrogens is 1. The molecule has 0 saturated carbocycles. The Morgan fingerprint density at radius 2 is 1.65 bits per heavy atom. The minimum atomic E-state index is 0.207. The van der Waals surface area contributed by atoms with Crippen LogP contribution in [0.2, 0.25) is 0 Å². The number of hydrogen-bond donors (Lipinski definition) is 0. The molecule has 2 aromatic rings. The number of hydrogen-bond acceptors (Lipinski definition) is 1. The SMILES string of the molecule is CC(C)(CCc1ccccn1)c1ccccc1. The highest BCUT2D eigenvalue weighted by molar-refractivity contribution is 5.23. The summed E-state index contributed by atoms with van der Waals surface area (Å²) >= 11 is 0. The molecule has 0 spiro atoms. The summed E-state index contributed by atoms with van der Waals surface area (Å²) in [7, 11) is 0. The van der Waals surface area contributed by atoms with Crippen molar-refractivity contribution >= 4 is 0 Å². The van der Waals surface area contributed by atoms with Crippen molar-refractivity contribution < 1.29 is 0 Å². The van der Waals surface area contributed by atoms with Gasteiger partial charge in [0.2, 0.25) is 0 Å². The van der Waals surface area contributed by atoms with Crippen LogP contribution in [0.4, 0.5) is 0 Å². The van der Waals surface area contributed by atoms with Gasteiger partial charge in [0.05, 0.1) is 0 Å². The topological polar surface area (TPSA) is 12.9 Å². The van der Waals surface area contributed by atoms with Crippen molar-refractivity contribution in [1.82, 2.24) is 4.98 Å². The number of benzene rings is 1. The van der Waals surface area contributed by atoms with Crippen LogP contribution in [0.3, 0.4) is 0 Å². The fourth-order valence-electron chi connectivity index (χ4n) is 2.02. The number of rotatable bonds is 4. The summed E-state index contributed by atoms with van der Waals surface area (Å²) in [5.74, 6) is 0. The highest BCUT2D eigenvalue weighted by Crippen LogP contribution is 2.27. The molecule has 2 rings (SSSR count). The zero-order valence-electron chi connectivity index (χ0n) is 10.6. The second-order valence-corrected chi connectivity index (χ2v) is 5.07. The Morgan fingerprint density at radius 3 is 2.29 bits per heavy atom. The number of nitrogens with zero attached hydrogens (tertiary/aromatic N) is 1. The first-order chi connectivity index (χ1) is 8.18. The van der Waals surface area contributed by atoms with Crippen LogP contribution in [0, 0.1) is 0 Å². The minimum absolute atomic E-state index is 0.207. The van der Waals surface area contributed by atoms with Crippen LogP contribution in [0.25, 0.3) is 0 Å². The van der Waals surface area contributed by atoms with Crippen molar-refractivity contribution in [2.75, 3.05) is 0 Å². The van der Waals surface area contributed by atoms with Gasteiger partial charge >= 0.3 is 0 Å². The first kappa shape index (κ1) is 11.8. The van der Waals surface area contributed by atoms with Gasteiger partial charge < -0.3 is 0 Å². The molecule has 1 heteroatoms. The highest BCUT2D eigenvalue weighted by Gasteiger charge is 2.19. The third kappa shape index (κ3) is 3.16. The lowest BCUT2D eigenvalue weighted by atomic mass is 9.80. The van der Waals surface area contributed by atoms with Crippen LogP contribution in [-0.2, 0) is 11.8 Å². The molecule has 0 aliphatic heterocycles. The molecule has 0 saturated heterocycles. The van der Waals surface area contributed by atoms with Gasteiger partial charge in [0.25, 0.3) is 0 Å². The molecule has 0 radical (unpaired) electrons. The molecular weight excluding hydrogens is 206 g/mol. The van der Waals surface area contributed by atoms with E-state index in [4.69, 9.17) is 0 Å². The number of aryl methyl sites for hydroxylation is 1. The zero-order chi connectivity index (χ0) is 12.1. The molecule has 1 heterocycles. The molecule has 0 N–H and O–H groups in total. The van der Waals surface area contributed by atoms with Crippen LogP contribution < -0.4 is 0 Å². The summed E-state index contributed by atoms with van der Waals surface area (Å²) in [6.07, 6.45) is 4.02. The summed E-state index contributed by atoms with van der Waals surface area (Å²) < 4.78 is 0. The average Bonchev–Trinajstić information content (AvgIpc) is 2.39. The normalized spacial score (nSPS) is 11.4. The Bertz CT molecular complexity index is 445. The maximum Gasteiger partial charge on any atom is 0.0403 e. The Hall–Kier alpha value is -1.63. The van der Waals surface area contributed by atoms with E-state index in [1.807, 2.05) is 12.3 Å². The highest BCUT2D eigenvalue weighted by atomic mass is 14.7. The maximum absolute atomic E-state index is 4.38. The van der Waals surface area contributed by atoms with E-state index >= 15 is 0 Å². The van der Waals surface area contributed by atoms with Crippen molar-refractivity contribution in [3.8, 4) is 0 Å². The van der Waals surface area contributed by atoms with Crippen LogP contribution in [-0.4, -0.2) is 4.98 Å². The number of pyridine rings is 1. The molecule has 0 aliphatic carbocycles. The van der Waals surface area contributed by atoms with Gasteiger partial charge in [-0.2, -0.15) is 0 Å². The van der Waals surface area contributed by atoms with Crippen molar-refractivity contribution in [2.24, 2.45) is 0 Å². The summed E-state index contributed by atoms with van der Waals surface area (Å²) in [4.78, 5) is 4.38. The van der Waals surface area contributed by atoms with E-state index in [9.17, 15) is 0 Å². The van der Waals surface area contributed by atoms with Crippen molar-refractivity contribution in [3.05, 3.63) is 66.0 Å². The van der Waals surface area contributed by atoms with E-state index in [-0.39, 0.29) is 5.41 Å². The van der Waals surface area contributed by atoms with E-state index in [1.54, 1.807) is 0 Å². The molecule has 0 atom stereocenters. The summed E-state index contributed by atoms with van der Waals surface area (Å²) in [6.45, 7) is 4.59. The molecular formula is C16H19N. The third-order valence-electron chi connectivity index (χ3n) is 3.29. The summed E-state index contributed by atoms with van der Waals surface area (Å²) in [5, 5.41) is 0. The first-order valence-electron chi connectivity index (χ1n) is 6.14. The Labute approximate surface area is 104 Å². The standard InChI is InChI=1S/C16H19N/c1-16(2,14-8-4-3-5-9-14)12-11-15-10-6-7-13-17-15/h3-10,13H,11-12H2,1-2H3. The van der Waals surface area contributed by atoms with Crippen molar-refractivity contribution in [3.63, 3.8) is 0 Å². The third-order valence-corrected chi connectivity index (χ3v) is 3.29. The Kier molecular flexibility index (Phi) is 3.58. The predicted octanol–water partition coefficient (Wildman–Crippen LogP) is 3.99. The maximum atomic E-state index is 4.38. The molecule has 1 aromatic heterocycles. The zero-order valence-corrected chi connectivity index (χ0v) is 10.6. The van der Waals surface area contributed by atoms with E-state index < -0.39 is 0 Å². The van der Waals surface area contributed by atoms with E-state index in [0.717, 1.165) is 12.8 Å². The van der Waals surface area contributed by atoms with Crippen molar-refractivity contribution in [1.29, 1.82) is 0 Å². The van der Waals surface area contributed by atoms with Crippen LogP contribution in [0.15, 0.2) is 54.7 Å². The molecule has 1 nitrogen and oxygen atoms in total. The van der Waals surface area contributed by atoms with E-state index in [2.05, 4.69) is 61.3 Å². The summed E-state index contributed by atoms with van der Waals surface area (Å²) in [5.41, 5.74) is 2.78. The largest absolute Gasteiger partial charge is 0.261 e. The van der Waals surface area contributed by atoms with Gasteiger partial charge in [-0.1, -0.05) is 50.2 Å². The second kappa shape index (κ2) is 5.13. The predicted molar refractivity (Wildman–Crippen MR) is 72.0 cm³/mol. The molecule has 0 unspecified atom stereocenters. The van der Waals surface area contributed by atoms with Gasteiger partial charge in [-0.05, 0) is 36.0 Å². The quantitative estimate of drug-likeness (QED) is 0.766. The first-order valence-corrected chi connectivity index (χ1v) is 6.14. The van der Waals surface area contributed by atoms with Gasteiger partial charge in [-0.3, -0.25) is 4.98 Å². The lowest BCUT2D eigenvalue weighted by Gasteiger charge is -2.25. The van der Waals surface area contributed by atoms with Crippen molar-refractivity contribution in [2.45, 2.75) is 32.1 Å². The monoisotopic (exact) mass is 225 g/mol. The molecule has 1 aromatic carbocycles. The molecule has 0 amide bonds. The fraction of sp³-hybridized carbons (Fsp3) is 0.312. The molecule has 17 heavy (non-hydrogen) atoms. The molecule has 88 valence electrons. The van der Waals surface area contributed by atoms with Gasteiger partial charge in [-0.15, -0.1) is 0 Å². The van der Waals surface area contributed by atoms with E-state index in [1.165, 1.54) is 11.3 Å². The fourth-order valence-corrected chi connectivity index (χ4v) is 2.02. The van der Waals surface area contributed by atoms with Gasteiger partial charge in [0.1, 0.15) is 0 Å². The van der Waals surface area contributed by atoms with Gasteiger partial charge in [-0.25, -0.2) is 0 Å². The molecule has 0 fully saturated rings. The van der Waals surface area contributed by atoms with Gasteiger partial charge in [0, 0.05) is 11.9 Å². The second-order valence-electron chi connectivity index (χ2n) is 5.07. The lowest BCUT2D eigenvalue weighted by molar-refractivity contribution is 0.477. The molecule has 0 bridgehead atoms. The molecule has 0 aliphatic rings. The Balaban J connectivity index is 2.03. The van der Waals surface area contributed by atoms with Gasteiger partial charge in [0.15, 0.2) is 0 Å². The Morgan fingerprint density at radius 1 is 0.941 bits per heavy atom. The average molecular weight is 225 g/mol. The van der Waals surface area contributed by atoms with Crippen LogP contribution in [0.5, 0.6) is 0 Å². The van der Waals surface area contributed by atoms with Crippen LogP contribution in [0.1, 0.15) is 31.5 Å². The summed E-state index contributed by atoms with van der Waals surface area (Å²) in [6, 6.07) is 16.8.